The van der Waals surface area contributed by atoms with Crippen LogP contribution < -0.4 is 10.5 Å². The zero-order valence-electron chi connectivity index (χ0n) is 13.9. The number of nitrogens with one attached hydrogen (secondary N) is 1. The van der Waals surface area contributed by atoms with Gasteiger partial charge >= 0.3 is 0 Å². The molecule has 4 rings (SSSR count). The van der Waals surface area contributed by atoms with E-state index in [0.29, 0.717) is 48.0 Å². The third-order valence-electron chi connectivity index (χ3n) is 4.52. The van der Waals surface area contributed by atoms with Gasteiger partial charge in [-0.15, -0.1) is 16.4 Å². The molecular formula is C16H18N5O3S2+. The van der Waals surface area contributed by atoms with Gasteiger partial charge in [-0.2, -0.15) is 8.99 Å². The fourth-order valence-electron chi connectivity index (χ4n) is 3.08. The minimum absolute atomic E-state index is 0.170. The molecule has 3 heterocycles. The van der Waals surface area contributed by atoms with Crippen LogP contribution in [-0.2, 0) is 16.7 Å². The third-order valence-corrected chi connectivity index (χ3v) is 7.79. The highest BCUT2D eigenvalue weighted by Gasteiger charge is 2.31. The van der Waals surface area contributed by atoms with E-state index in [9.17, 15) is 13.2 Å². The van der Waals surface area contributed by atoms with Crippen molar-refractivity contribution in [1.29, 1.82) is 0 Å². The molecule has 3 aromatic rings. The maximum Gasteiger partial charge on any atom is 0.282 e. The van der Waals surface area contributed by atoms with Crippen molar-refractivity contribution >= 4 is 32.3 Å². The number of hydrogen-bond donors (Lipinski definition) is 1. The van der Waals surface area contributed by atoms with Gasteiger partial charge in [-0.25, -0.2) is 8.42 Å². The molecule has 1 fully saturated rings. The number of fused-ring (bicyclic) bond motifs is 1. The van der Waals surface area contributed by atoms with E-state index in [2.05, 4.69) is 10.3 Å². The van der Waals surface area contributed by atoms with E-state index in [1.807, 2.05) is 6.07 Å². The number of nitrogens with zero attached hydrogens (tertiary/aromatic N) is 4. The first-order valence-electron chi connectivity index (χ1n) is 8.25. The summed E-state index contributed by atoms with van der Waals surface area (Å²) in [5.74, 6) is 0. The lowest BCUT2D eigenvalue weighted by molar-refractivity contribution is -0.927. The highest BCUT2D eigenvalue weighted by atomic mass is 32.2. The first-order valence-corrected chi connectivity index (χ1v) is 10.6. The van der Waals surface area contributed by atoms with Crippen LogP contribution in [-0.4, -0.2) is 53.9 Å². The summed E-state index contributed by atoms with van der Waals surface area (Å²) in [6, 6.07) is 10.5. The van der Waals surface area contributed by atoms with Crippen molar-refractivity contribution < 1.29 is 13.3 Å². The zero-order valence-corrected chi connectivity index (χ0v) is 15.5. The second-order valence-electron chi connectivity index (χ2n) is 6.16. The van der Waals surface area contributed by atoms with Crippen molar-refractivity contribution in [3.63, 3.8) is 0 Å². The second kappa shape index (κ2) is 6.88. The average Bonchev–Trinajstić information content (AvgIpc) is 3.20. The van der Waals surface area contributed by atoms with Crippen LogP contribution in [0.15, 0.2) is 50.8 Å². The van der Waals surface area contributed by atoms with Crippen molar-refractivity contribution in [2.24, 2.45) is 0 Å². The molecule has 0 aliphatic carbocycles. The molecule has 1 aliphatic heterocycles. The van der Waals surface area contributed by atoms with Gasteiger partial charge in [0.15, 0.2) is 6.67 Å². The Morgan fingerprint density at radius 2 is 1.88 bits per heavy atom. The molecule has 10 heteroatoms. The van der Waals surface area contributed by atoms with Gasteiger partial charge < -0.3 is 4.90 Å². The monoisotopic (exact) mass is 392 g/mol. The van der Waals surface area contributed by atoms with Crippen LogP contribution in [0.25, 0.3) is 10.9 Å². The molecule has 26 heavy (non-hydrogen) atoms. The molecule has 0 radical (unpaired) electrons. The quantitative estimate of drug-likeness (QED) is 0.641. The largest absolute Gasteiger partial charge is 0.314 e. The number of benzene rings is 1. The average molecular weight is 392 g/mol. The van der Waals surface area contributed by atoms with Crippen LogP contribution in [0.4, 0.5) is 0 Å². The van der Waals surface area contributed by atoms with E-state index in [-0.39, 0.29) is 5.56 Å². The van der Waals surface area contributed by atoms with Crippen molar-refractivity contribution in [1.82, 2.24) is 19.3 Å². The van der Waals surface area contributed by atoms with Gasteiger partial charge in [0.05, 0.1) is 31.6 Å². The first kappa shape index (κ1) is 17.3. The summed E-state index contributed by atoms with van der Waals surface area (Å²) < 4.78 is 28.4. The summed E-state index contributed by atoms with van der Waals surface area (Å²) >= 11 is 1.23. The molecule has 0 amide bonds. The maximum atomic E-state index is 12.6. The summed E-state index contributed by atoms with van der Waals surface area (Å²) in [5, 5.41) is 10.4. The fraction of sp³-hybridized carbons (Fsp3) is 0.312. The van der Waals surface area contributed by atoms with Crippen LogP contribution in [0.5, 0.6) is 0 Å². The van der Waals surface area contributed by atoms with Crippen molar-refractivity contribution in [3.05, 3.63) is 52.1 Å². The highest BCUT2D eigenvalue weighted by Crippen LogP contribution is 2.20. The Labute approximate surface area is 154 Å². The lowest BCUT2D eigenvalue weighted by Gasteiger charge is -2.30. The lowest BCUT2D eigenvalue weighted by Crippen LogP contribution is -3.14. The van der Waals surface area contributed by atoms with Gasteiger partial charge in [0.25, 0.3) is 15.6 Å². The lowest BCUT2D eigenvalue weighted by atomic mass is 10.2. The third kappa shape index (κ3) is 3.16. The zero-order chi connectivity index (χ0) is 18.1. The highest BCUT2D eigenvalue weighted by molar-refractivity contribution is 7.91. The number of rotatable bonds is 4. The van der Waals surface area contributed by atoms with Crippen LogP contribution in [0.2, 0.25) is 0 Å². The van der Waals surface area contributed by atoms with Crippen LogP contribution in [0.1, 0.15) is 0 Å². The molecule has 0 spiro atoms. The number of hydrogen-bond acceptors (Lipinski definition) is 6. The molecule has 0 bridgehead atoms. The molecule has 1 aromatic carbocycles. The van der Waals surface area contributed by atoms with E-state index in [1.165, 1.54) is 20.3 Å². The molecule has 0 unspecified atom stereocenters. The smallest absolute Gasteiger partial charge is 0.282 e. The van der Waals surface area contributed by atoms with Gasteiger partial charge in [-0.1, -0.05) is 23.4 Å². The molecule has 1 aliphatic rings. The van der Waals surface area contributed by atoms with E-state index >= 15 is 0 Å². The van der Waals surface area contributed by atoms with E-state index in [4.69, 9.17) is 0 Å². The topological polar surface area (TPSA) is 89.6 Å². The van der Waals surface area contributed by atoms with Gasteiger partial charge in [0.1, 0.15) is 9.73 Å². The Morgan fingerprint density at radius 1 is 1.12 bits per heavy atom. The Kier molecular flexibility index (Phi) is 4.57. The number of thiophene rings is 1. The molecule has 1 N–H and O–H groups in total. The molecule has 0 atom stereocenters. The van der Waals surface area contributed by atoms with E-state index in [0.717, 1.165) is 4.90 Å². The summed E-state index contributed by atoms with van der Waals surface area (Å²) in [6.07, 6.45) is 0. The number of sulfonamides is 1. The SMILES string of the molecule is O=c1c2ccccc2nnn1C[NH+]1CCN(S(=O)(=O)c2cccs2)CC1. The van der Waals surface area contributed by atoms with E-state index in [1.54, 1.807) is 35.7 Å². The second-order valence-corrected chi connectivity index (χ2v) is 9.27. The molecule has 136 valence electrons. The predicted molar refractivity (Wildman–Crippen MR) is 97.6 cm³/mol. The van der Waals surface area contributed by atoms with Gasteiger partial charge in [-0.05, 0) is 23.6 Å². The van der Waals surface area contributed by atoms with Crippen molar-refractivity contribution in [3.8, 4) is 0 Å². The Morgan fingerprint density at radius 3 is 2.62 bits per heavy atom. The summed E-state index contributed by atoms with van der Waals surface area (Å²) in [4.78, 5) is 13.6. The van der Waals surface area contributed by atoms with E-state index < -0.39 is 10.0 Å². The van der Waals surface area contributed by atoms with Crippen LogP contribution in [0, 0.1) is 0 Å². The first-order chi connectivity index (χ1) is 12.6. The summed E-state index contributed by atoms with van der Waals surface area (Å²) in [7, 11) is -3.41. The minimum Gasteiger partial charge on any atom is -0.314 e. The summed E-state index contributed by atoms with van der Waals surface area (Å²) in [6.45, 7) is 2.46. The van der Waals surface area contributed by atoms with Gasteiger partial charge in [-0.3, -0.25) is 4.79 Å². The fourth-order valence-corrected chi connectivity index (χ4v) is 5.66. The summed E-state index contributed by atoms with van der Waals surface area (Å²) in [5.41, 5.74) is 0.410. The Hall–Kier alpha value is -2.14. The van der Waals surface area contributed by atoms with Crippen molar-refractivity contribution in [2.75, 3.05) is 26.2 Å². The Bertz CT molecular complexity index is 1070. The molecule has 2 aromatic heterocycles. The minimum atomic E-state index is -3.41. The standard InChI is InChI=1S/C16H17N5O3S2/c22-16-13-4-1-2-5-14(13)17-18-21(16)12-19-7-9-20(10-8-19)26(23,24)15-6-3-11-25-15/h1-6,11H,7-10,12H2/p+1. The number of piperazine rings is 1. The molecular weight excluding hydrogens is 374 g/mol. The van der Waals surface area contributed by atoms with Gasteiger partial charge in [0.2, 0.25) is 0 Å². The predicted octanol–water partition coefficient (Wildman–Crippen LogP) is -0.600. The van der Waals surface area contributed by atoms with Crippen LogP contribution >= 0.6 is 11.3 Å². The number of aromatic nitrogens is 3. The molecule has 0 saturated carbocycles. The van der Waals surface area contributed by atoms with Gasteiger partial charge in [0, 0.05) is 0 Å². The molecule has 1 saturated heterocycles. The van der Waals surface area contributed by atoms with Crippen molar-refractivity contribution in [2.45, 2.75) is 10.9 Å². The normalized spacial score (nSPS) is 16.9. The molecule has 8 nitrogen and oxygen atoms in total. The number of quaternary nitrogens is 1. The maximum absolute atomic E-state index is 12.6. The Balaban J connectivity index is 1.46. The van der Waals surface area contributed by atoms with Crippen LogP contribution in [0.3, 0.4) is 0 Å².